The minimum atomic E-state index is -3.61. The van der Waals surface area contributed by atoms with Gasteiger partial charge in [-0.25, -0.2) is 13.1 Å². The standard InChI is InChI=1S/C10H17BrN2O4S/c1-7(6-16-3)13-18(14,15)9-4-8(5-12-2)17-10(9)11/h4,7,12-13H,5-6H2,1-3H3. The largest absolute Gasteiger partial charge is 0.452 e. The van der Waals surface area contributed by atoms with E-state index in [-0.39, 0.29) is 15.6 Å². The molecule has 1 atom stereocenters. The first-order valence-corrected chi connectivity index (χ1v) is 7.62. The van der Waals surface area contributed by atoms with E-state index < -0.39 is 10.0 Å². The molecule has 1 heterocycles. The first-order valence-electron chi connectivity index (χ1n) is 5.34. The van der Waals surface area contributed by atoms with Crippen LogP contribution in [-0.4, -0.2) is 35.2 Å². The van der Waals surface area contributed by atoms with Crippen LogP contribution in [0.4, 0.5) is 0 Å². The van der Waals surface area contributed by atoms with E-state index in [1.54, 1.807) is 14.0 Å². The van der Waals surface area contributed by atoms with Crippen molar-refractivity contribution in [1.29, 1.82) is 0 Å². The Bertz CT molecular complexity index is 486. The molecule has 1 aromatic rings. The van der Waals surface area contributed by atoms with Crippen molar-refractivity contribution in [3.63, 3.8) is 0 Å². The summed E-state index contributed by atoms with van der Waals surface area (Å²) >= 11 is 3.11. The highest BCUT2D eigenvalue weighted by atomic mass is 79.9. The molecule has 104 valence electrons. The van der Waals surface area contributed by atoms with Crippen molar-refractivity contribution in [3.8, 4) is 0 Å². The second kappa shape index (κ2) is 6.67. The number of sulfonamides is 1. The molecular weight excluding hydrogens is 324 g/mol. The van der Waals surface area contributed by atoms with Gasteiger partial charge < -0.3 is 14.5 Å². The lowest BCUT2D eigenvalue weighted by atomic mass is 10.4. The molecule has 0 fully saturated rings. The van der Waals surface area contributed by atoms with E-state index >= 15 is 0 Å². The Balaban J connectivity index is 2.90. The highest BCUT2D eigenvalue weighted by molar-refractivity contribution is 9.10. The lowest BCUT2D eigenvalue weighted by Gasteiger charge is -2.12. The Hall–Kier alpha value is -0.410. The molecule has 0 aliphatic carbocycles. The fourth-order valence-corrected chi connectivity index (χ4v) is 3.68. The van der Waals surface area contributed by atoms with Crippen LogP contribution in [0.1, 0.15) is 12.7 Å². The molecule has 0 saturated carbocycles. The van der Waals surface area contributed by atoms with Crippen molar-refractivity contribution in [2.24, 2.45) is 0 Å². The van der Waals surface area contributed by atoms with Gasteiger partial charge in [0.15, 0.2) is 4.67 Å². The lowest BCUT2D eigenvalue weighted by Crippen LogP contribution is -2.35. The smallest absolute Gasteiger partial charge is 0.245 e. The summed E-state index contributed by atoms with van der Waals surface area (Å²) in [5.74, 6) is 0.546. The normalized spacial score (nSPS) is 13.8. The van der Waals surface area contributed by atoms with E-state index in [9.17, 15) is 8.42 Å². The van der Waals surface area contributed by atoms with Gasteiger partial charge in [0.1, 0.15) is 10.7 Å². The van der Waals surface area contributed by atoms with E-state index in [0.29, 0.717) is 18.9 Å². The molecule has 0 aliphatic rings. The Morgan fingerprint density at radius 3 is 2.78 bits per heavy atom. The highest BCUT2D eigenvalue weighted by Gasteiger charge is 2.24. The SMILES string of the molecule is CNCc1cc(S(=O)(=O)NC(C)COC)c(Br)o1. The molecule has 18 heavy (non-hydrogen) atoms. The molecule has 1 unspecified atom stereocenters. The van der Waals surface area contributed by atoms with Gasteiger partial charge in [0.2, 0.25) is 10.0 Å². The van der Waals surface area contributed by atoms with Gasteiger partial charge in [-0.1, -0.05) is 0 Å². The number of rotatable bonds is 7. The minimum Gasteiger partial charge on any atom is -0.452 e. The molecule has 0 bridgehead atoms. The topological polar surface area (TPSA) is 80.6 Å². The molecular formula is C10H17BrN2O4S. The number of halogens is 1. The zero-order chi connectivity index (χ0) is 13.8. The fraction of sp³-hybridized carbons (Fsp3) is 0.600. The van der Waals surface area contributed by atoms with E-state index in [2.05, 4.69) is 26.0 Å². The van der Waals surface area contributed by atoms with Crippen molar-refractivity contribution in [2.45, 2.75) is 24.4 Å². The van der Waals surface area contributed by atoms with Gasteiger partial charge in [-0.3, -0.25) is 0 Å². The molecule has 0 saturated heterocycles. The monoisotopic (exact) mass is 340 g/mol. The van der Waals surface area contributed by atoms with Gasteiger partial charge in [0, 0.05) is 19.2 Å². The van der Waals surface area contributed by atoms with Gasteiger partial charge >= 0.3 is 0 Å². The molecule has 0 spiro atoms. The molecule has 8 heteroatoms. The second-order valence-electron chi connectivity index (χ2n) is 3.86. The zero-order valence-electron chi connectivity index (χ0n) is 10.5. The molecule has 0 amide bonds. The molecule has 6 nitrogen and oxygen atoms in total. The first kappa shape index (κ1) is 15.6. The maximum atomic E-state index is 12.1. The van der Waals surface area contributed by atoms with Crippen LogP contribution in [0.2, 0.25) is 0 Å². The third-order valence-corrected chi connectivity index (χ3v) is 4.57. The molecule has 1 rings (SSSR count). The van der Waals surface area contributed by atoms with Crippen molar-refractivity contribution in [3.05, 3.63) is 16.5 Å². The quantitative estimate of drug-likeness (QED) is 0.776. The zero-order valence-corrected chi connectivity index (χ0v) is 12.9. The maximum absolute atomic E-state index is 12.1. The van der Waals surface area contributed by atoms with Gasteiger partial charge in [-0.05, 0) is 29.9 Å². The van der Waals surface area contributed by atoms with Crippen LogP contribution in [0, 0.1) is 0 Å². The van der Waals surface area contributed by atoms with Crippen LogP contribution in [0.25, 0.3) is 0 Å². The molecule has 1 aromatic heterocycles. The predicted octanol–water partition coefficient (Wildman–Crippen LogP) is 1.07. The third-order valence-electron chi connectivity index (χ3n) is 2.12. The van der Waals surface area contributed by atoms with Crippen LogP contribution < -0.4 is 10.0 Å². The van der Waals surface area contributed by atoms with Gasteiger partial charge in [0.25, 0.3) is 0 Å². The van der Waals surface area contributed by atoms with Crippen molar-refractivity contribution in [2.75, 3.05) is 20.8 Å². The predicted molar refractivity (Wildman–Crippen MR) is 70.8 cm³/mol. The average molecular weight is 341 g/mol. The summed E-state index contributed by atoms with van der Waals surface area (Å²) in [4.78, 5) is 0.0932. The number of ether oxygens (including phenoxy) is 1. The van der Waals surface area contributed by atoms with Crippen LogP contribution in [-0.2, 0) is 21.3 Å². The second-order valence-corrected chi connectivity index (χ2v) is 6.26. The summed E-state index contributed by atoms with van der Waals surface area (Å²) in [5, 5.41) is 2.89. The van der Waals surface area contributed by atoms with Crippen molar-refractivity contribution in [1.82, 2.24) is 10.0 Å². The summed E-state index contributed by atoms with van der Waals surface area (Å²) in [6, 6.07) is 1.18. The van der Waals surface area contributed by atoms with E-state index in [4.69, 9.17) is 9.15 Å². The Morgan fingerprint density at radius 2 is 2.22 bits per heavy atom. The van der Waals surface area contributed by atoms with Crippen LogP contribution in [0.15, 0.2) is 20.0 Å². The minimum absolute atomic E-state index is 0.0932. The maximum Gasteiger partial charge on any atom is 0.245 e. The van der Waals surface area contributed by atoms with E-state index in [1.165, 1.54) is 13.2 Å². The summed E-state index contributed by atoms with van der Waals surface area (Å²) in [7, 11) is -0.337. The number of furan rings is 1. The van der Waals surface area contributed by atoms with Crippen LogP contribution in [0.3, 0.4) is 0 Å². The summed E-state index contributed by atoms with van der Waals surface area (Å²) in [5.41, 5.74) is 0. The van der Waals surface area contributed by atoms with Crippen LogP contribution >= 0.6 is 15.9 Å². The van der Waals surface area contributed by atoms with Gasteiger partial charge in [-0.15, -0.1) is 0 Å². The molecule has 0 radical (unpaired) electrons. The highest BCUT2D eigenvalue weighted by Crippen LogP contribution is 2.26. The van der Waals surface area contributed by atoms with Gasteiger partial charge in [0.05, 0.1) is 13.2 Å². The first-order chi connectivity index (χ1) is 8.40. The van der Waals surface area contributed by atoms with E-state index in [0.717, 1.165) is 0 Å². The number of hydrogen-bond acceptors (Lipinski definition) is 5. The average Bonchev–Trinajstić information content (AvgIpc) is 2.60. The van der Waals surface area contributed by atoms with Crippen molar-refractivity contribution < 1.29 is 17.6 Å². The summed E-state index contributed by atoms with van der Waals surface area (Å²) in [6.45, 7) is 2.49. The molecule has 0 aromatic carbocycles. The Kier molecular flexibility index (Phi) is 5.80. The van der Waals surface area contributed by atoms with Gasteiger partial charge in [-0.2, -0.15) is 0 Å². The van der Waals surface area contributed by atoms with Crippen molar-refractivity contribution >= 4 is 26.0 Å². The summed E-state index contributed by atoms with van der Waals surface area (Å²) in [6.07, 6.45) is 0. The van der Waals surface area contributed by atoms with Crippen LogP contribution in [0.5, 0.6) is 0 Å². The Morgan fingerprint density at radius 1 is 1.56 bits per heavy atom. The molecule has 0 aliphatic heterocycles. The Labute approximate surface area is 115 Å². The van der Waals surface area contributed by atoms with E-state index in [1.807, 2.05) is 0 Å². The molecule has 2 N–H and O–H groups in total. The fourth-order valence-electron chi connectivity index (χ4n) is 1.45. The number of methoxy groups -OCH3 is 1. The summed E-state index contributed by atoms with van der Waals surface area (Å²) < 4.78 is 37.0. The number of nitrogens with one attached hydrogen (secondary N) is 2. The number of hydrogen-bond donors (Lipinski definition) is 2. The lowest BCUT2D eigenvalue weighted by molar-refractivity contribution is 0.180. The third kappa shape index (κ3) is 4.06.